The molecule has 1 aromatic carbocycles. The number of hydrogen-bond acceptors (Lipinski definition) is 3. The average Bonchev–Trinajstić information content (AvgIpc) is 2.46. The fourth-order valence-electron chi connectivity index (χ4n) is 1.12. The predicted molar refractivity (Wildman–Crippen MR) is 58.6 cm³/mol. The van der Waals surface area contributed by atoms with Gasteiger partial charge < -0.3 is 0 Å². The molecular weight excluding hydrogens is 319 g/mol. The van der Waals surface area contributed by atoms with E-state index in [1.165, 1.54) is 18.2 Å². The van der Waals surface area contributed by atoms with E-state index in [0.717, 1.165) is 3.70 Å². The fourth-order valence-corrected chi connectivity index (χ4v) is 2.18. The maximum atomic E-state index is 10.8. The molecule has 0 aliphatic heterocycles. The second-order valence-electron chi connectivity index (χ2n) is 2.69. The van der Waals surface area contributed by atoms with E-state index in [4.69, 9.17) is 4.55 Å². The van der Waals surface area contributed by atoms with Gasteiger partial charge in [0.05, 0.1) is 10.4 Å². The number of nitrogens with zero attached hydrogens (tertiary/aromatic N) is 1. The van der Waals surface area contributed by atoms with Crippen molar-refractivity contribution in [2.75, 3.05) is 0 Å². The molecule has 7 heteroatoms. The Morgan fingerprint density at radius 2 is 2.14 bits per heavy atom. The molecule has 2 rings (SSSR count). The van der Waals surface area contributed by atoms with Crippen LogP contribution < -0.4 is 0 Å². The highest BCUT2D eigenvalue weighted by molar-refractivity contribution is 14.1. The summed E-state index contributed by atoms with van der Waals surface area (Å²) >= 11 is 2.00. The molecule has 2 aromatic rings. The van der Waals surface area contributed by atoms with Crippen molar-refractivity contribution in [3.05, 3.63) is 21.9 Å². The van der Waals surface area contributed by atoms with Crippen molar-refractivity contribution in [1.29, 1.82) is 0 Å². The number of benzene rings is 1. The van der Waals surface area contributed by atoms with Gasteiger partial charge in [0.2, 0.25) is 0 Å². The maximum Gasteiger partial charge on any atom is 0.294 e. The van der Waals surface area contributed by atoms with Crippen LogP contribution in [0.5, 0.6) is 0 Å². The van der Waals surface area contributed by atoms with E-state index < -0.39 is 10.1 Å². The van der Waals surface area contributed by atoms with Crippen molar-refractivity contribution in [2.24, 2.45) is 0 Å². The summed E-state index contributed by atoms with van der Waals surface area (Å²) in [6, 6.07) is 4.24. The number of aromatic nitrogens is 2. The van der Waals surface area contributed by atoms with Crippen molar-refractivity contribution < 1.29 is 13.0 Å². The van der Waals surface area contributed by atoms with Crippen LogP contribution in [0.3, 0.4) is 0 Å². The number of fused-ring (bicyclic) bond motifs is 1. The largest absolute Gasteiger partial charge is 0.294 e. The van der Waals surface area contributed by atoms with Gasteiger partial charge >= 0.3 is 0 Å². The van der Waals surface area contributed by atoms with Crippen LogP contribution in [0.4, 0.5) is 0 Å². The highest BCUT2D eigenvalue weighted by Crippen LogP contribution is 2.21. The number of hydrogen-bond donors (Lipinski definition) is 2. The first kappa shape index (κ1) is 9.87. The lowest BCUT2D eigenvalue weighted by Gasteiger charge is -1.95. The Labute approximate surface area is 93.4 Å². The van der Waals surface area contributed by atoms with Gasteiger partial charge in [-0.25, -0.2) is 0 Å². The molecular formula is C7H5IN2O3S. The quantitative estimate of drug-likeness (QED) is 0.614. The van der Waals surface area contributed by atoms with Crippen LogP contribution >= 0.6 is 22.6 Å². The summed E-state index contributed by atoms with van der Waals surface area (Å²) < 4.78 is 31.2. The van der Waals surface area contributed by atoms with Gasteiger partial charge in [0, 0.05) is 5.39 Å². The third kappa shape index (κ3) is 1.62. The van der Waals surface area contributed by atoms with Crippen LogP contribution in [0, 0.1) is 3.70 Å². The molecule has 0 spiro atoms. The Morgan fingerprint density at radius 1 is 1.43 bits per heavy atom. The Bertz CT molecular complexity index is 590. The van der Waals surface area contributed by atoms with Gasteiger partial charge in [0.25, 0.3) is 10.1 Å². The second-order valence-corrected chi connectivity index (χ2v) is 5.19. The Hall–Kier alpha value is -0.670. The van der Waals surface area contributed by atoms with E-state index in [0.29, 0.717) is 10.9 Å². The van der Waals surface area contributed by atoms with Crippen molar-refractivity contribution in [3.8, 4) is 0 Å². The lowest BCUT2D eigenvalue weighted by atomic mass is 10.3. The van der Waals surface area contributed by atoms with Gasteiger partial charge in [-0.2, -0.15) is 13.5 Å². The third-order valence-electron chi connectivity index (χ3n) is 1.78. The second kappa shape index (κ2) is 3.17. The van der Waals surface area contributed by atoms with E-state index in [2.05, 4.69) is 10.2 Å². The van der Waals surface area contributed by atoms with Crippen molar-refractivity contribution in [1.82, 2.24) is 10.2 Å². The zero-order valence-corrected chi connectivity index (χ0v) is 9.70. The molecule has 0 aliphatic rings. The van der Waals surface area contributed by atoms with Crippen molar-refractivity contribution in [2.45, 2.75) is 4.90 Å². The first-order valence-electron chi connectivity index (χ1n) is 3.59. The highest BCUT2D eigenvalue weighted by Gasteiger charge is 2.11. The van der Waals surface area contributed by atoms with Gasteiger partial charge in [-0.1, -0.05) is 0 Å². The molecule has 1 heterocycles. The normalized spacial score (nSPS) is 12.1. The standard InChI is InChI=1S/C7H5IN2O3S/c8-7-5-3-4(14(11,12)13)1-2-6(5)9-10-7/h1-3H,(H,9,10)(H,11,12,13). The summed E-state index contributed by atoms with van der Waals surface area (Å²) in [5, 5.41) is 7.33. The van der Waals surface area contributed by atoms with Crippen molar-refractivity contribution in [3.63, 3.8) is 0 Å². The summed E-state index contributed by atoms with van der Waals surface area (Å²) in [6.07, 6.45) is 0. The van der Waals surface area contributed by atoms with Gasteiger partial charge in [-0.05, 0) is 40.8 Å². The molecule has 5 nitrogen and oxygen atoms in total. The SMILES string of the molecule is O=S(=O)(O)c1ccc2n[nH]c(I)c2c1. The minimum atomic E-state index is -4.13. The molecule has 0 radical (unpaired) electrons. The van der Waals surface area contributed by atoms with Gasteiger partial charge in [-0.3, -0.25) is 9.65 Å². The average molecular weight is 324 g/mol. The highest BCUT2D eigenvalue weighted by atomic mass is 127. The summed E-state index contributed by atoms with van der Waals surface area (Å²) in [6.45, 7) is 0. The molecule has 0 amide bonds. The zero-order chi connectivity index (χ0) is 10.3. The first-order valence-corrected chi connectivity index (χ1v) is 6.11. The lowest BCUT2D eigenvalue weighted by Crippen LogP contribution is -1.97. The van der Waals surface area contributed by atoms with Gasteiger partial charge in [0.1, 0.15) is 3.70 Å². The molecule has 0 saturated carbocycles. The van der Waals surface area contributed by atoms with Crippen LogP contribution in [0.15, 0.2) is 23.1 Å². The maximum absolute atomic E-state index is 10.8. The molecule has 2 N–H and O–H groups in total. The number of halogens is 1. The van der Waals surface area contributed by atoms with Crippen LogP contribution in [0.25, 0.3) is 10.9 Å². The van der Waals surface area contributed by atoms with E-state index in [1.54, 1.807) is 0 Å². The first-order chi connectivity index (χ1) is 6.48. The molecule has 0 fully saturated rings. The summed E-state index contributed by atoms with van der Waals surface area (Å²) in [4.78, 5) is -0.121. The minimum Gasteiger partial charge on any atom is -0.282 e. The van der Waals surface area contributed by atoms with Gasteiger partial charge in [0.15, 0.2) is 0 Å². The topological polar surface area (TPSA) is 83.1 Å². The zero-order valence-electron chi connectivity index (χ0n) is 6.73. The Kier molecular flexibility index (Phi) is 2.24. The number of nitrogens with one attached hydrogen (secondary N) is 1. The Balaban J connectivity index is 2.79. The summed E-state index contributed by atoms with van der Waals surface area (Å²) in [5.41, 5.74) is 0.668. The molecule has 0 bridgehead atoms. The van der Waals surface area contributed by atoms with Crippen LogP contribution in [0.1, 0.15) is 0 Å². The fraction of sp³-hybridized carbons (Fsp3) is 0. The summed E-state index contributed by atoms with van der Waals surface area (Å²) in [7, 11) is -4.13. The van der Waals surface area contributed by atoms with Crippen LogP contribution in [-0.4, -0.2) is 23.2 Å². The monoisotopic (exact) mass is 324 g/mol. The summed E-state index contributed by atoms with van der Waals surface area (Å²) in [5.74, 6) is 0. The molecule has 74 valence electrons. The molecule has 0 atom stereocenters. The molecule has 0 saturated heterocycles. The van der Waals surface area contributed by atoms with Crippen LogP contribution in [0.2, 0.25) is 0 Å². The van der Waals surface area contributed by atoms with Crippen LogP contribution in [-0.2, 0) is 10.1 Å². The Morgan fingerprint density at radius 3 is 2.79 bits per heavy atom. The molecule has 0 unspecified atom stereocenters. The predicted octanol–water partition coefficient (Wildman–Crippen LogP) is 1.41. The number of aromatic amines is 1. The van der Waals surface area contributed by atoms with Crippen molar-refractivity contribution >= 4 is 43.6 Å². The van der Waals surface area contributed by atoms with E-state index in [1.807, 2.05) is 22.6 Å². The van der Waals surface area contributed by atoms with E-state index in [-0.39, 0.29) is 4.90 Å². The number of H-pyrrole nitrogens is 1. The van der Waals surface area contributed by atoms with E-state index >= 15 is 0 Å². The molecule has 0 aliphatic carbocycles. The lowest BCUT2D eigenvalue weighted by molar-refractivity contribution is 0.483. The minimum absolute atomic E-state index is 0.121. The van der Waals surface area contributed by atoms with E-state index in [9.17, 15) is 8.42 Å². The molecule has 1 aromatic heterocycles. The third-order valence-corrected chi connectivity index (χ3v) is 3.45. The number of rotatable bonds is 1. The molecule has 14 heavy (non-hydrogen) atoms. The van der Waals surface area contributed by atoms with Gasteiger partial charge in [-0.15, -0.1) is 0 Å². The smallest absolute Gasteiger partial charge is 0.282 e.